The summed E-state index contributed by atoms with van der Waals surface area (Å²) in [7, 11) is 0. The van der Waals surface area contributed by atoms with Gasteiger partial charge in [-0.15, -0.1) is 0 Å². The zero-order valence-electron chi connectivity index (χ0n) is 11.7. The topological polar surface area (TPSA) is 96.7 Å². The Kier molecular flexibility index (Phi) is 7.81. The monoisotopic (exact) mass is 267 g/mol. The van der Waals surface area contributed by atoms with Gasteiger partial charge in [0.2, 0.25) is 5.91 Å². The molecule has 0 saturated carbocycles. The van der Waals surface area contributed by atoms with Crippen LogP contribution < -0.4 is 11.1 Å². The summed E-state index contributed by atoms with van der Waals surface area (Å²) in [5.41, 5.74) is 5.54. The second-order valence-electron chi connectivity index (χ2n) is 4.78. The van der Waals surface area contributed by atoms with Crippen LogP contribution in [0.3, 0.4) is 0 Å². The van der Waals surface area contributed by atoms with Crippen molar-refractivity contribution >= 4 is 5.91 Å². The van der Waals surface area contributed by atoms with Gasteiger partial charge >= 0.3 is 0 Å². The Labute approximate surface area is 114 Å². The number of hydrogen-bond acceptors (Lipinski definition) is 4. The first-order valence-corrected chi connectivity index (χ1v) is 7.07. The molecular weight excluding hydrogens is 242 g/mol. The van der Waals surface area contributed by atoms with E-state index in [1.807, 2.05) is 0 Å². The van der Waals surface area contributed by atoms with Gasteiger partial charge in [0.15, 0.2) is 0 Å². The van der Waals surface area contributed by atoms with Gasteiger partial charge in [-0.25, -0.2) is 4.98 Å². The summed E-state index contributed by atoms with van der Waals surface area (Å²) in [5, 5.41) is 9.51. The van der Waals surface area contributed by atoms with Crippen LogP contribution >= 0.6 is 0 Å². The molecule has 1 amide bonds. The van der Waals surface area contributed by atoms with Crippen molar-refractivity contribution in [2.75, 3.05) is 13.1 Å². The fourth-order valence-electron chi connectivity index (χ4n) is 2.05. The van der Waals surface area contributed by atoms with Gasteiger partial charge in [-0.05, 0) is 31.7 Å². The molecule has 0 saturated heterocycles. The van der Waals surface area contributed by atoms with E-state index < -0.39 is 0 Å². The lowest BCUT2D eigenvalue weighted by Gasteiger charge is -2.13. The number of aryl methyl sites for hydroxylation is 1. The van der Waals surface area contributed by atoms with E-state index in [0.29, 0.717) is 25.4 Å². The molecule has 1 aromatic heterocycles. The number of nitrogens with one attached hydrogen (secondary N) is 2. The number of aromatic nitrogens is 3. The third-order valence-corrected chi connectivity index (χ3v) is 3.31. The maximum atomic E-state index is 11.7. The zero-order chi connectivity index (χ0) is 13.9. The minimum atomic E-state index is 0.132. The van der Waals surface area contributed by atoms with E-state index in [-0.39, 0.29) is 5.91 Å². The Bertz CT molecular complexity index is 339. The van der Waals surface area contributed by atoms with Gasteiger partial charge in [-0.3, -0.25) is 9.89 Å². The molecule has 1 heterocycles. The highest BCUT2D eigenvalue weighted by molar-refractivity contribution is 5.75. The van der Waals surface area contributed by atoms with Crippen LogP contribution in [0, 0.1) is 5.92 Å². The number of hydrogen-bond donors (Lipinski definition) is 3. The van der Waals surface area contributed by atoms with E-state index in [1.165, 1.54) is 6.33 Å². The average molecular weight is 267 g/mol. The number of carbonyl (C=O) groups excluding carboxylic acids is 1. The minimum Gasteiger partial charge on any atom is -0.356 e. The highest BCUT2D eigenvalue weighted by Gasteiger charge is 2.08. The summed E-state index contributed by atoms with van der Waals surface area (Å²) in [6.07, 6.45) is 6.82. The van der Waals surface area contributed by atoms with Crippen molar-refractivity contribution in [3.63, 3.8) is 0 Å². The number of nitrogens with two attached hydrogens (primary N) is 1. The quantitative estimate of drug-likeness (QED) is 0.551. The Morgan fingerprint density at radius 2 is 2.37 bits per heavy atom. The van der Waals surface area contributed by atoms with Crippen LogP contribution in [-0.2, 0) is 11.2 Å². The van der Waals surface area contributed by atoms with Crippen molar-refractivity contribution in [1.82, 2.24) is 20.5 Å². The van der Waals surface area contributed by atoms with Crippen LogP contribution in [0.5, 0.6) is 0 Å². The van der Waals surface area contributed by atoms with Crippen LogP contribution in [0.4, 0.5) is 0 Å². The first kappa shape index (κ1) is 15.6. The smallest absolute Gasteiger partial charge is 0.220 e. The second kappa shape index (κ2) is 9.49. The fraction of sp³-hybridized carbons (Fsp3) is 0.769. The van der Waals surface area contributed by atoms with Gasteiger partial charge in [0.05, 0.1) is 0 Å². The largest absolute Gasteiger partial charge is 0.356 e. The molecule has 0 spiro atoms. The van der Waals surface area contributed by atoms with Crippen LogP contribution in [0.15, 0.2) is 6.33 Å². The molecule has 0 aliphatic heterocycles. The number of nitrogens with zero attached hydrogens (tertiary/aromatic N) is 2. The molecule has 0 radical (unpaired) electrons. The molecule has 0 aliphatic carbocycles. The van der Waals surface area contributed by atoms with Crippen LogP contribution in [-0.4, -0.2) is 34.2 Å². The van der Waals surface area contributed by atoms with E-state index in [2.05, 4.69) is 27.4 Å². The standard InChI is InChI=1S/C13H25N5O/c1-2-11(7-8-14)5-6-13(19)15-9-3-4-12-16-10-17-18-12/h10-11H,2-9,14H2,1H3,(H,15,19)(H,16,17,18). The molecule has 1 unspecified atom stereocenters. The Morgan fingerprint density at radius 1 is 1.53 bits per heavy atom. The van der Waals surface area contributed by atoms with Gasteiger partial charge in [0, 0.05) is 19.4 Å². The molecule has 1 aromatic rings. The van der Waals surface area contributed by atoms with E-state index >= 15 is 0 Å². The number of amides is 1. The zero-order valence-corrected chi connectivity index (χ0v) is 11.7. The maximum Gasteiger partial charge on any atom is 0.220 e. The Morgan fingerprint density at radius 3 is 3.00 bits per heavy atom. The predicted molar refractivity (Wildman–Crippen MR) is 74.4 cm³/mol. The molecule has 0 aromatic carbocycles. The number of rotatable bonds is 10. The molecule has 4 N–H and O–H groups in total. The fourth-order valence-corrected chi connectivity index (χ4v) is 2.05. The lowest BCUT2D eigenvalue weighted by Crippen LogP contribution is -2.25. The minimum absolute atomic E-state index is 0.132. The highest BCUT2D eigenvalue weighted by Crippen LogP contribution is 2.14. The van der Waals surface area contributed by atoms with Gasteiger partial charge in [0.1, 0.15) is 12.2 Å². The Balaban J connectivity index is 2.04. The first-order chi connectivity index (χ1) is 9.26. The van der Waals surface area contributed by atoms with Crippen LogP contribution in [0.1, 0.15) is 44.9 Å². The predicted octanol–water partition coefficient (Wildman–Crippen LogP) is 1.01. The third kappa shape index (κ3) is 6.91. The Hall–Kier alpha value is -1.43. The molecule has 0 bridgehead atoms. The van der Waals surface area contributed by atoms with E-state index in [9.17, 15) is 4.79 Å². The lowest BCUT2D eigenvalue weighted by atomic mass is 9.96. The summed E-state index contributed by atoms with van der Waals surface area (Å²) < 4.78 is 0. The summed E-state index contributed by atoms with van der Waals surface area (Å²) in [6.45, 7) is 3.54. The van der Waals surface area contributed by atoms with Gasteiger partial charge in [-0.1, -0.05) is 13.3 Å². The summed E-state index contributed by atoms with van der Waals surface area (Å²) in [4.78, 5) is 15.7. The van der Waals surface area contributed by atoms with Crippen molar-refractivity contribution in [3.8, 4) is 0 Å². The van der Waals surface area contributed by atoms with E-state index in [1.54, 1.807) is 0 Å². The van der Waals surface area contributed by atoms with Gasteiger partial charge in [0.25, 0.3) is 0 Å². The average Bonchev–Trinajstić information content (AvgIpc) is 2.92. The molecule has 1 rings (SSSR count). The summed E-state index contributed by atoms with van der Waals surface area (Å²) in [5.74, 6) is 1.57. The van der Waals surface area contributed by atoms with Crippen LogP contribution in [0.2, 0.25) is 0 Å². The van der Waals surface area contributed by atoms with Crippen molar-refractivity contribution in [2.24, 2.45) is 11.7 Å². The number of H-pyrrole nitrogens is 1. The first-order valence-electron chi connectivity index (χ1n) is 7.07. The van der Waals surface area contributed by atoms with Gasteiger partial charge < -0.3 is 11.1 Å². The van der Waals surface area contributed by atoms with Crippen molar-refractivity contribution in [3.05, 3.63) is 12.2 Å². The lowest BCUT2D eigenvalue weighted by molar-refractivity contribution is -0.121. The van der Waals surface area contributed by atoms with Crippen molar-refractivity contribution in [2.45, 2.75) is 45.4 Å². The molecule has 0 fully saturated rings. The third-order valence-electron chi connectivity index (χ3n) is 3.31. The molecule has 0 aliphatic rings. The second-order valence-corrected chi connectivity index (χ2v) is 4.78. The normalized spacial score (nSPS) is 12.3. The van der Waals surface area contributed by atoms with E-state index in [4.69, 9.17) is 5.73 Å². The number of aromatic amines is 1. The molecular formula is C13H25N5O. The van der Waals surface area contributed by atoms with Crippen molar-refractivity contribution < 1.29 is 4.79 Å². The summed E-state index contributed by atoms with van der Waals surface area (Å²) in [6, 6.07) is 0. The van der Waals surface area contributed by atoms with Crippen molar-refractivity contribution in [1.29, 1.82) is 0 Å². The van der Waals surface area contributed by atoms with Crippen LogP contribution in [0.25, 0.3) is 0 Å². The maximum absolute atomic E-state index is 11.7. The van der Waals surface area contributed by atoms with Gasteiger partial charge in [-0.2, -0.15) is 5.10 Å². The molecule has 19 heavy (non-hydrogen) atoms. The number of carbonyl (C=O) groups is 1. The molecule has 6 heteroatoms. The molecule has 1 atom stereocenters. The van der Waals surface area contributed by atoms with E-state index in [0.717, 1.165) is 37.9 Å². The molecule has 108 valence electrons. The summed E-state index contributed by atoms with van der Waals surface area (Å²) >= 11 is 0. The highest BCUT2D eigenvalue weighted by atomic mass is 16.1. The molecule has 6 nitrogen and oxygen atoms in total. The SMILES string of the molecule is CCC(CCN)CCC(=O)NCCCc1ncn[nH]1.